The lowest BCUT2D eigenvalue weighted by Gasteiger charge is -2.43. The topological polar surface area (TPSA) is 12.0 Å². The highest BCUT2D eigenvalue weighted by molar-refractivity contribution is 5.13. The summed E-state index contributed by atoms with van der Waals surface area (Å²) in [5, 5.41) is 3.96. The van der Waals surface area contributed by atoms with E-state index in [1.54, 1.807) is 0 Å². The largest absolute Gasteiger partial charge is 0.310 e. The molecule has 1 heteroatoms. The van der Waals surface area contributed by atoms with E-state index in [0.717, 1.165) is 23.9 Å². The zero-order valence-corrected chi connectivity index (χ0v) is 10.6. The van der Waals surface area contributed by atoms with Gasteiger partial charge in [0.2, 0.25) is 0 Å². The van der Waals surface area contributed by atoms with E-state index in [9.17, 15) is 0 Å². The fourth-order valence-corrected chi connectivity index (χ4v) is 4.49. The molecule has 0 aromatic carbocycles. The molecule has 3 saturated carbocycles. The lowest BCUT2D eigenvalue weighted by Crippen LogP contribution is -2.51. The number of hydrogen-bond donors (Lipinski definition) is 1. The van der Waals surface area contributed by atoms with Crippen LogP contribution in [-0.2, 0) is 0 Å². The SMILES string of the molecule is CC1CC1NC1C(C)(C)[C@H]2CC[C@]1(C)C2. The highest BCUT2D eigenvalue weighted by Crippen LogP contribution is 2.62. The van der Waals surface area contributed by atoms with Gasteiger partial charge in [-0.2, -0.15) is 0 Å². The summed E-state index contributed by atoms with van der Waals surface area (Å²) in [5.41, 5.74) is 1.14. The Morgan fingerprint density at radius 3 is 2.33 bits per heavy atom. The summed E-state index contributed by atoms with van der Waals surface area (Å²) >= 11 is 0. The molecule has 0 aliphatic heterocycles. The summed E-state index contributed by atoms with van der Waals surface area (Å²) in [6.45, 7) is 9.88. The first kappa shape index (κ1) is 10.1. The molecule has 1 N–H and O–H groups in total. The van der Waals surface area contributed by atoms with E-state index in [0.29, 0.717) is 10.8 Å². The smallest absolute Gasteiger partial charge is 0.0177 e. The van der Waals surface area contributed by atoms with Crippen LogP contribution in [0.5, 0.6) is 0 Å². The highest BCUT2D eigenvalue weighted by atomic mass is 15.1. The van der Waals surface area contributed by atoms with Crippen LogP contribution in [0.15, 0.2) is 0 Å². The van der Waals surface area contributed by atoms with Gasteiger partial charge in [0.1, 0.15) is 0 Å². The third-order valence-corrected chi connectivity index (χ3v) is 5.76. The molecule has 1 nitrogen and oxygen atoms in total. The molecular weight excluding hydrogens is 182 g/mol. The van der Waals surface area contributed by atoms with Crippen molar-refractivity contribution in [2.45, 2.75) is 65.5 Å². The third kappa shape index (κ3) is 1.32. The van der Waals surface area contributed by atoms with E-state index in [2.05, 4.69) is 33.0 Å². The van der Waals surface area contributed by atoms with Crippen LogP contribution in [-0.4, -0.2) is 12.1 Å². The molecule has 0 spiro atoms. The van der Waals surface area contributed by atoms with Crippen molar-refractivity contribution in [1.29, 1.82) is 0 Å². The van der Waals surface area contributed by atoms with E-state index in [-0.39, 0.29) is 0 Å². The maximum Gasteiger partial charge on any atom is 0.0177 e. The molecule has 5 atom stereocenters. The van der Waals surface area contributed by atoms with Gasteiger partial charge in [0, 0.05) is 12.1 Å². The van der Waals surface area contributed by atoms with Crippen LogP contribution in [0.1, 0.15) is 53.4 Å². The van der Waals surface area contributed by atoms with Gasteiger partial charge < -0.3 is 5.32 Å². The van der Waals surface area contributed by atoms with Gasteiger partial charge in [-0.15, -0.1) is 0 Å². The van der Waals surface area contributed by atoms with Crippen molar-refractivity contribution in [2.75, 3.05) is 0 Å². The Kier molecular flexibility index (Phi) is 1.89. The van der Waals surface area contributed by atoms with Crippen LogP contribution in [0.25, 0.3) is 0 Å². The van der Waals surface area contributed by atoms with E-state index in [1.165, 1.54) is 25.7 Å². The van der Waals surface area contributed by atoms with Gasteiger partial charge in [0.05, 0.1) is 0 Å². The quantitative estimate of drug-likeness (QED) is 0.733. The molecule has 0 amide bonds. The van der Waals surface area contributed by atoms with Crippen molar-refractivity contribution < 1.29 is 0 Å². The van der Waals surface area contributed by atoms with Gasteiger partial charge in [0.15, 0.2) is 0 Å². The average Bonchev–Trinajstić information content (AvgIpc) is 2.59. The van der Waals surface area contributed by atoms with Crippen LogP contribution in [0, 0.1) is 22.7 Å². The van der Waals surface area contributed by atoms with Crippen molar-refractivity contribution in [1.82, 2.24) is 5.32 Å². The molecule has 3 rings (SSSR count). The van der Waals surface area contributed by atoms with Crippen molar-refractivity contribution in [3.63, 3.8) is 0 Å². The Balaban J connectivity index is 1.80. The minimum atomic E-state index is 0.537. The predicted octanol–water partition coefficient (Wildman–Crippen LogP) is 3.20. The Labute approximate surface area is 94.0 Å². The minimum Gasteiger partial charge on any atom is -0.310 e. The van der Waals surface area contributed by atoms with E-state index < -0.39 is 0 Å². The van der Waals surface area contributed by atoms with Crippen LogP contribution in [0.3, 0.4) is 0 Å². The van der Waals surface area contributed by atoms with Crippen LogP contribution < -0.4 is 5.32 Å². The fraction of sp³-hybridized carbons (Fsp3) is 1.00. The average molecular weight is 207 g/mol. The highest BCUT2D eigenvalue weighted by Gasteiger charge is 2.60. The summed E-state index contributed by atoms with van der Waals surface area (Å²) < 4.78 is 0. The minimum absolute atomic E-state index is 0.537. The molecule has 0 aromatic rings. The summed E-state index contributed by atoms with van der Waals surface area (Å²) in [5.74, 6) is 1.91. The van der Waals surface area contributed by atoms with Gasteiger partial charge >= 0.3 is 0 Å². The van der Waals surface area contributed by atoms with Crippen molar-refractivity contribution in [3.8, 4) is 0 Å². The number of fused-ring (bicyclic) bond motifs is 2. The molecular formula is C14H25N. The maximum absolute atomic E-state index is 3.96. The van der Waals surface area contributed by atoms with Crippen LogP contribution in [0.2, 0.25) is 0 Å². The predicted molar refractivity (Wildman–Crippen MR) is 63.7 cm³/mol. The van der Waals surface area contributed by atoms with Gasteiger partial charge in [-0.25, -0.2) is 0 Å². The monoisotopic (exact) mass is 207 g/mol. The first-order valence-electron chi connectivity index (χ1n) is 6.69. The second kappa shape index (κ2) is 2.80. The van der Waals surface area contributed by atoms with Crippen LogP contribution >= 0.6 is 0 Å². The Morgan fingerprint density at radius 1 is 1.20 bits per heavy atom. The first-order chi connectivity index (χ1) is 6.93. The van der Waals surface area contributed by atoms with E-state index in [4.69, 9.17) is 0 Å². The summed E-state index contributed by atoms with van der Waals surface area (Å²) in [4.78, 5) is 0. The second-order valence-electron chi connectivity index (χ2n) is 7.33. The van der Waals surface area contributed by atoms with E-state index in [1.807, 2.05) is 0 Å². The molecule has 3 unspecified atom stereocenters. The zero-order chi connectivity index (χ0) is 10.8. The molecule has 0 aromatic heterocycles. The summed E-state index contributed by atoms with van der Waals surface area (Å²) in [6.07, 6.45) is 5.81. The standard InChI is InChI=1S/C14H25N/c1-9-7-11(9)15-12-13(2,3)10-5-6-14(12,4)8-10/h9-12,15H,5-8H2,1-4H3/t9?,10-,11?,12?,14+/m0/s1. The lowest BCUT2D eigenvalue weighted by molar-refractivity contribution is 0.107. The summed E-state index contributed by atoms with van der Waals surface area (Å²) in [6, 6.07) is 1.61. The maximum atomic E-state index is 3.96. The third-order valence-electron chi connectivity index (χ3n) is 5.76. The molecule has 3 aliphatic carbocycles. The van der Waals surface area contributed by atoms with Gasteiger partial charge in [-0.05, 0) is 48.3 Å². The number of rotatable bonds is 2. The lowest BCUT2D eigenvalue weighted by atomic mass is 9.68. The van der Waals surface area contributed by atoms with Gasteiger partial charge in [0.25, 0.3) is 0 Å². The number of nitrogens with one attached hydrogen (secondary N) is 1. The molecule has 0 saturated heterocycles. The summed E-state index contributed by atoms with van der Waals surface area (Å²) in [7, 11) is 0. The molecule has 15 heavy (non-hydrogen) atoms. The normalized spacial score (nSPS) is 56.0. The molecule has 0 heterocycles. The van der Waals surface area contributed by atoms with E-state index >= 15 is 0 Å². The number of hydrogen-bond acceptors (Lipinski definition) is 1. The molecule has 2 bridgehead atoms. The Bertz CT molecular complexity index is 278. The van der Waals surface area contributed by atoms with Crippen LogP contribution in [0.4, 0.5) is 0 Å². The molecule has 86 valence electrons. The zero-order valence-electron chi connectivity index (χ0n) is 10.6. The van der Waals surface area contributed by atoms with Gasteiger partial charge in [-0.3, -0.25) is 0 Å². The molecule has 3 aliphatic rings. The molecule has 0 radical (unpaired) electrons. The molecule has 3 fully saturated rings. The van der Waals surface area contributed by atoms with Crippen molar-refractivity contribution >= 4 is 0 Å². The fourth-order valence-electron chi connectivity index (χ4n) is 4.49. The van der Waals surface area contributed by atoms with Crippen molar-refractivity contribution in [2.24, 2.45) is 22.7 Å². The second-order valence-corrected chi connectivity index (χ2v) is 7.33. The van der Waals surface area contributed by atoms with Gasteiger partial charge in [-0.1, -0.05) is 27.7 Å². The first-order valence-corrected chi connectivity index (χ1v) is 6.69. The van der Waals surface area contributed by atoms with Crippen molar-refractivity contribution in [3.05, 3.63) is 0 Å². The Hall–Kier alpha value is -0.0400. The Morgan fingerprint density at radius 2 is 1.87 bits per heavy atom.